The fourth-order valence-corrected chi connectivity index (χ4v) is 1.80. The van der Waals surface area contributed by atoms with Gasteiger partial charge < -0.3 is 4.79 Å². The molecule has 0 saturated heterocycles. The van der Waals surface area contributed by atoms with Crippen molar-refractivity contribution in [1.29, 1.82) is 0 Å². The van der Waals surface area contributed by atoms with Crippen LogP contribution in [0.15, 0.2) is 12.2 Å². The second-order valence-corrected chi connectivity index (χ2v) is 4.60. The number of unbranched alkanes of at least 4 members (excludes halogenated alkanes) is 7. The fraction of sp³-hybridized carbons (Fsp3) is 0.800. The van der Waals surface area contributed by atoms with Crippen LogP contribution in [0.3, 0.4) is 0 Å². The highest BCUT2D eigenvalue weighted by atomic mass is 16.1. The second-order valence-electron chi connectivity index (χ2n) is 4.60. The van der Waals surface area contributed by atoms with Crippen molar-refractivity contribution in [3.05, 3.63) is 12.2 Å². The smallest absolute Gasteiger partial charge is 0.129 e. The number of allylic oxidation sites excluding steroid dienone is 2. The maximum atomic E-state index is 10.7. The molecule has 0 fully saturated rings. The lowest BCUT2D eigenvalue weighted by molar-refractivity contribution is -0.117. The van der Waals surface area contributed by atoms with Gasteiger partial charge in [-0.25, -0.2) is 0 Å². The van der Waals surface area contributed by atoms with Gasteiger partial charge in [-0.1, -0.05) is 51.2 Å². The van der Waals surface area contributed by atoms with E-state index in [1.165, 1.54) is 44.9 Å². The van der Waals surface area contributed by atoms with Crippen molar-refractivity contribution in [3.8, 4) is 0 Å². The molecule has 0 aromatic rings. The van der Waals surface area contributed by atoms with Gasteiger partial charge in [0.25, 0.3) is 0 Å². The van der Waals surface area contributed by atoms with E-state index in [1.54, 1.807) is 6.92 Å². The van der Waals surface area contributed by atoms with Gasteiger partial charge in [-0.15, -0.1) is 0 Å². The topological polar surface area (TPSA) is 17.1 Å². The van der Waals surface area contributed by atoms with E-state index < -0.39 is 0 Å². The molecule has 0 spiro atoms. The molecule has 0 unspecified atom stereocenters. The number of carbonyl (C=O) groups is 1. The highest BCUT2D eigenvalue weighted by Gasteiger charge is 1.94. The van der Waals surface area contributed by atoms with Crippen LogP contribution in [0.4, 0.5) is 0 Å². The second kappa shape index (κ2) is 12.5. The number of hydrogen-bond acceptors (Lipinski definition) is 1. The Morgan fingerprint density at radius 2 is 1.44 bits per heavy atom. The van der Waals surface area contributed by atoms with Gasteiger partial charge in [0.2, 0.25) is 0 Å². The van der Waals surface area contributed by atoms with Gasteiger partial charge in [-0.2, -0.15) is 0 Å². The lowest BCUT2D eigenvalue weighted by Crippen LogP contribution is -1.89. The summed E-state index contributed by atoms with van der Waals surface area (Å²) in [5, 5.41) is 0. The predicted octanol–water partition coefficient (Wildman–Crippen LogP) is 5.05. The highest BCUT2D eigenvalue weighted by Crippen LogP contribution is 2.10. The summed E-state index contributed by atoms with van der Waals surface area (Å²) < 4.78 is 0. The van der Waals surface area contributed by atoms with Crippen LogP contribution in [0.5, 0.6) is 0 Å². The molecule has 0 atom stereocenters. The zero-order valence-electron chi connectivity index (χ0n) is 11.1. The molecule has 0 aromatic heterocycles. The Kier molecular flexibility index (Phi) is 12.0. The van der Waals surface area contributed by atoms with Crippen LogP contribution in [-0.4, -0.2) is 5.78 Å². The van der Waals surface area contributed by atoms with Crippen molar-refractivity contribution in [2.75, 3.05) is 0 Å². The molecule has 16 heavy (non-hydrogen) atoms. The fourth-order valence-electron chi connectivity index (χ4n) is 1.80. The van der Waals surface area contributed by atoms with Crippen molar-refractivity contribution >= 4 is 5.78 Å². The quantitative estimate of drug-likeness (QED) is 0.354. The molecule has 0 radical (unpaired) electrons. The Morgan fingerprint density at radius 3 is 2.00 bits per heavy atom. The van der Waals surface area contributed by atoms with Crippen LogP contribution in [0.2, 0.25) is 0 Å². The minimum absolute atomic E-state index is 0.336. The van der Waals surface area contributed by atoms with Crippen molar-refractivity contribution in [3.63, 3.8) is 0 Å². The van der Waals surface area contributed by atoms with Crippen LogP contribution in [0, 0.1) is 0 Å². The van der Waals surface area contributed by atoms with Crippen LogP contribution < -0.4 is 0 Å². The molecule has 0 N–H and O–H groups in total. The van der Waals surface area contributed by atoms with E-state index in [1.807, 2.05) is 0 Å². The molecule has 94 valence electrons. The summed E-state index contributed by atoms with van der Waals surface area (Å²) in [6.45, 7) is 3.86. The third-order valence-electron chi connectivity index (χ3n) is 2.80. The van der Waals surface area contributed by atoms with Crippen LogP contribution >= 0.6 is 0 Å². The first-order valence-electron chi connectivity index (χ1n) is 6.91. The molecule has 0 aliphatic carbocycles. The molecule has 0 heterocycles. The van der Waals surface area contributed by atoms with Gasteiger partial charge in [0, 0.05) is 6.42 Å². The number of carbonyl (C=O) groups excluding carboxylic acids is 1. The Labute approximate surface area is 101 Å². The summed E-state index contributed by atoms with van der Waals surface area (Å²) in [4.78, 5) is 10.7. The van der Waals surface area contributed by atoms with Gasteiger partial charge in [0.15, 0.2) is 0 Å². The Hall–Kier alpha value is -0.590. The van der Waals surface area contributed by atoms with Crippen molar-refractivity contribution in [2.45, 2.75) is 78.1 Å². The molecule has 0 aliphatic rings. The van der Waals surface area contributed by atoms with E-state index in [9.17, 15) is 4.79 Å². The van der Waals surface area contributed by atoms with E-state index in [2.05, 4.69) is 19.1 Å². The Bertz CT molecular complexity index is 182. The molecule has 0 bridgehead atoms. The molecule has 0 saturated carbocycles. The minimum atomic E-state index is 0.336. The molecule has 1 heteroatoms. The third kappa shape index (κ3) is 13.4. The van der Waals surface area contributed by atoms with Crippen LogP contribution in [0.1, 0.15) is 78.1 Å². The number of ketones is 1. The molecule has 0 aromatic carbocycles. The van der Waals surface area contributed by atoms with Gasteiger partial charge >= 0.3 is 0 Å². The van der Waals surface area contributed by atoms with Crippen LogP contribution in [0.25, 0.3) is 0 Å². The first-order valence-corrected chi connectivity index (χ1v) is 6.91. The lowest BCUT2D eigenvalue weighted by Gasteiger charge is -2.00. The summed E-state index contributed by atoms with van der Waals surface area (Å²) in [5.41, 5.74) is 0. The molecule has 1 nitrogen and oxygen atoms in total. The lowest BCUT2D eigenvalue weighted by atomic mass is 10.1. The van der Waals surface area contributed by atoms with E-state index in [0.29, 0.717) is 5.78 Å². The maximum Gasteiger partial charge on any atom is 0.129 e. The molecule has 0 amide bonds. The van der Waals surface area contributed by atoms with Gasteiger partial charge in [0.05, 0.1) is 0 Å². The summed E-state index contributed by atoms with van der Waals surface area (Å²) in [6, 6.07) is 0. The van der Waals surface area contributed by atoms with E-state index >= 15 is 0 Å². The normalized spacial score (nSPS) is 11.1. The average Bonchev–Trinajstić information content (AvgIpc) is 2.25. The Balaban J connectivity index is 2.98. The summed E-state index contributed by atoms with van der Waals surface area (Å²) in [5.74, 6) is 0.336. The SMILES string of the molecule is CC/C=C/CCCCCCCCCC(C)=O. The maximum absolute atomic E-state index is 10.7. The van der Waals surface area contributed by atoms with Gasteiger partial charge in [-0.3, -0.25) is 0 Å². The van der Waals surface area contributed by atoms with Crippen molar-refractivity contribution in [2.24, 2.45) is 0 Å². The zero-order valence-corrected chi connectivity index (χ0v) is 11.1. The molecular formula is C15H28O. The number of rotatable bonds is 11. The third-order valence-corrected chi connectivity index (χ3v) is 2.80. The van der Waals surface area contributed by atoms with Gasteiger partial charge in [-0.05, 0) is 32.6 Å². The molecular weight excluding hydrogens is 196 g/mol. The summed E-state index contributed by atoms with van der Waals surface area (Å²) >= 11 is 0. The van der Waals surface area contributed by atoms with Gasteiger partial charge in [0.1, 0.15) is 5.78 Å². The number of Topliss-reactive ketones (excluding diaryl/α,β-unsaturated/α-hetero) is 1. The first kappa shape index (κ1) is 15.4. The Morgan fingerprint density at radius 1 is 0.875 bits per heavy atom. The highest BCUT2D eigenvalue weighted by molar-refractivity contribution is 5.75. The first-order chi connectivity index (χ1) is 7.77. The molecule has 0 aliphatic heterocycles. The molecule has 0 rings (SSSR count). The van der Waals surface area contributed by atoms with E-state index in [0.717, 1.165) is 19.3 Å². The van der Waals surface area contributed by atoms with Crippen molar-refractivity contribution < 1.29 is 4.79 Å². The van der Waals surface area contributed by atoms with E-state index in [-0.39, 0.29) is 0 Å². The largest absolute Gasteiger partial charge is 0.300 e. The summed E-state index contributed by atoms with van der Waals surface area (Å²) in [7, 11) is 0. The summed E-state index contributed by atoms with van der Waals surface area (Å²) in [6.07, 6.45) is 16.8. The zero-order chi connectivity index (χ0) is 12.1. The van der Waals surface area contributed by atoms with Crippen LogP contribution in [-0.2, 0) is 4.79 Å². The predicted molar refractivity (Wildman–Crippen MR) is 71.7 cm³/mol. The van der Waals surface area contributed by atoms with Crippen molar-refractivity contribution in [1.82, 2.24) is 0 Å². The standard InChI is InChI=1S/C15H28O/c1-3-4-5-6-7-8-9-10-11-12-13-14-15(2)16/h4-5H,3,6-14H2,1-2H3/b5-4+. The number of hydrogen-bond donors (Lipinski definition) is 0. The van der Waals surface area contributed by atoms with E-state index in [4.69, 9.17) is 0 Å². The minimum Gasteiger partial charge on any atom is -0.300 e. The average molecular weight is 224 g/mol. The monoisotopic (exact) mass is 224 g/mol.